The number of hydrogen-bond donors (Lipinski definition) is 0. The fourth-order valence-corrected chi connectivity index (χ4v) is 8.73. The van der Waals surface area contributed by atoms with Crippen LogP contribution >= 0.6 is 0 Å². The molecule has 0 saturated carbocycles. The predicted molar refractivity (Wildman–Crippen MR) is 245 cm³/mol. The minimum Gasteiger partial charge on any atom is -0.228 e. The predicted octanol–water partition coefficient (Wildman–Crippen LogP) is 15.1. The molecule has 58 heavy (non-hydrogen) atoms. The molecule has 270 valence electrons. The van der Waals surface area contributed by atoms with Crippen LogP contribution < -0.4 is 0 Å². The van der Waals surface area contributed by atoms with Crippen LogP contribution in [0.25, 0.3) is 110 Å². The number of rotatable bonds is 6. The SMILES string of the molecule is c1ccc(-c2ccc3c(-c4cccc5ccccc45)c4cc(-c5cc(-c6ccccc6)nc(-c6ccccc6)n5)ccc4c(-c4cccc5ccccc45)c3c2)cc1. The second-order valence-electron chi connectivity index (χ2n) is 14.9. The first-order valence-corrected chi connectivity index (χ1v) is 19.8. The first-order valence-electron chi connectivity index (χ1n) is 19.8. The molecule has 0 aliphatic carbocycles. The number of aromatic nitrogens is 2. The van der Waals surface area contributed by atoms with Gasteiger partial charge in [0.25, 0.3) is 0 Å². The van der Waals surface area contributed by atoms with Crippen molar-refractivity contribution in [2.45, 2.75) is 0 Å². The fraction of sp³-hybridized carbons (Fsp3) is 0. The summed E-state index contributed by atoms with van der Waals surface area (Å²) in [6, 6.07) is 78.4. The van der Waals surface area contributed by atoms with Crippen molar-refractivity contribution >= 4 is 43.1 Å². The third kappa shape index (κ3) is 5.82. The second-order valence-corrected chi connectivity index (χ2v) is 14.9. The Morgan fingerprint density at radius 2 is 0.672 bits per heavy atom. The Labute approximate surface area is 337 Å². The van der Waals surface area contributed by atoms with Crippen LogP contribution in [0, 0.1) is 0 Å². The van der Waals surface area contributed by atoms with Gasteiger partial charge in [0.2, 0.25) is 0 Å². The highest BCUT2D eigenvalue weighted by Crippen LogP contribution is 2.48. The van der Waals surface area contributed by atoms with Gasteiger partial charge >= 0.3 is 0 Å². The molecule has 0 N–H and O–H groups in total. The molecule has 0 spiro atoms. The average molecular weight is 737 g/mol. The van der Waals surface area contributed by atoms with Crippen LogP contribution in [0.1, 0.15) is 0 Å². The summed E-state index contributed by atoms with van der Waals surface area (Å²) in [6.07, 6.45) is 0. The topological polar surface area (TPSA) is 25.8 Å². The molecule has 0 atom stereocenters. The van der Waals surface area contributed by atoms with Gasteiger partial charge in [0, 0.05) is 16.7 Å². The summed E-state index contributed by atoms with van der Waals surface area (Å²) in [4.78, 5) is 10.4. The minimum atomic E-state index is 0.703. The Balaban J connectivity index is 1.28. The van der Waals surface area contributed by atoms with Crippen LogP contribution in [0.5, 0.6) is 0 Å². The molecule has 0 radical (unpaired) electrons. The zero-order valence-corrected chi connectivity index (χ0v) is 31.7. The fourth-order valence-electron chi connectivity index (χ4n) is 8.73. The van der Waals surface area contributed by atoms with E-state index >= 15 is 0 Å². The highest BCUT2D eigenvalue weighted by atomic mass is 14.9. The van der Waals surface area contributed by atoms with Crippen LogP contribution in [-0.2, 0) is 0 Å². The average Bonchev–Trinajstić information content (AvgIpc) is 3.31. The van der Waals surface area contributed by atoms with Gasteiger partial charge in [-0.2, -0.15) is 0 Å². The molecular formula is C56H36N2. The smallest absolute Gasteiger partial charge is 0.160 e. The van der Waals surface area contributed by atoms with Gasteiger partial charge in [0.15, 0.2) is 5.82 Å². The Kier molecular flexibility index (Phi) is 8.19. The minimum absolute atomic E-state index is 0.703. The Hall–Kier alpha value is -7.68. The summed E-state index contributed by atoms with van der Waals surface area (Å²) in [7, 11) is 0. The molecule has 1 heterocycles. The molecule has 0 saturated heterocycles. The number of benzene rings is 10. The zero-order chi connectivity index (χ0) is 38.4. The van der Waals surface area contributed by atoms with E-state index in [2.05, 4.69) is 194 Å². The highest BCUT2D eigenvalue weighted by Gasteiger charge is 2.21. The molecule has 0 fully saturated rings. The van der Waals surface area contributed by atoms with E-state index in [0.29, 0.717) is 5.82 Å². The van der Waals surface area contributed by atoms with E-state index in [9.17, 15) is 0 Å². The van der Waals surface area contributed by atoms with Crippen molar-refractivity contribution in [3.05, 3.63) is 218 Å². The van der Waals surface area contributed by atoms with Gasteiger partial charge in [-0.05, 0) is 94.7 Å². The van der Waals surface area contributed by atoms with Gasteiger partial charge < -0.3 is 0 Å². The van der Waals surface area contributed by atoms with Gasteiger partial charge in [-0.3, -0.25) is 0 Å². The largest absolute Gasteiger partial charge is 0.228 e. The van der Waals surface area contributed by atoms with Gasteiger partial charge in [-0.25, -0.2) is 9.97 Å². The van der Waals surface area contributed by atoms with Crippen LogP contribution in [0.2, 0.25) is 0 Å². The molecule has 0 unspecified atom stereocenters. The lowest BCUT2D eigenvalue weighted by Gasteiger charge is -2.21. The summed E-state index contributed by atoms with van der Waals surface area (Å²) in [6.45, 7) is 0. The molecule has 2 nitrogen and oxygen atoms in total. The van der Waals surface area contributed by atoms with Gasteiger partial charge in [-0.15, -0.1) is 0 Å². The normalized spacial score (nSPS) is 11.4. The van der Waals surface area contributed by atoms with E-state index in [4.69, 9.17) is 9.97 Å². The van der Waals surface area contributed by atoms with Gasteiger partial charge in [0.05, 0.1) is 11.4 Å². The molecule has 10 aromatic carbocycles. The Morgan fingerprint density at radius 1 is 0.241 bits per heavy atom. The lowest BCUT2D eigenvalue weighted by Crippen LogP contribution is -1.97. The summed E-state index contributed by atoms with van der Waals surface area (Å²) >= 11 is 0. The van der Waals surface area contributed by atoms with E-state index in [1.165, 1.54) is 76.5 Å². The lowest BCUT2D eigenvalue weighted by molar-refractivity contribution is 1.18. The maximum Gasteiger partial charge on any atom is 0.160 e. The third-order valence-corrected chi connectivity index (χ3v) is 11.5. The maximum absolute atomic E-state index is 5.28. The molecule has 2 heteroatoms. The van der Waals surface area contributed by atoms with Crippen molar-refractivity contribution in [2.75, 3.05) is 0 Å². The molecule has 1 aromatic heterocycles. The molecule has 0 aliphatic heterocycles. The van der Waals surface area contributed by atoms with Crippen LogP contribution in [0.4, 0.5) is 0 Å². The van der Waals surface area contributed by atoms with Crippen molar-refractivity contribution in [3.63, 3.8) is 0 Å². The van der Waals surface area contributed by atoms with Crippen molar-refractivity contribution in [1.29, 1.82) is 0 Å². The van der Waals surface area contributed by atoms with Gasteiger partial charge in [-0.1, -0.05) is 200 Å². The Morgan fingerprint density at radius 3 is 1.24 bits per heavy atom. The summed E-state index contributed by atoms with van der Waals surface area (Å²) in [5.74, 6) is 0.703. The van der Waals surface area contributed by atoms with Crippen LogP contribution in [-0.4, -0.2) is 9.97 Å². The second kappa shape index (κ2) is 14.1. The molecular weight excluding hydrogens is 701 g/mol. The van der Waals surface area contributed by atoms with E-state index in [0.717, 1.165) is 28.1 Å². The van der Waals surface area contributed by atoms with Gasteiger partial charge in [0.1, 0.15) is 0 Å². The van der Waals surface area contributed by atoms with Crippen molar-refractivity contribution < 1.29 is 0 Å². The molecule has 11 rings (SSSR count). The van der Waals surface area contributed by atoms with E-state index < -0.39 is 0 Å². The first-order chi connectivity index (χ1) is 28.8. The monoisotopic (exact) mass is 736 g/mol. The standard InChI is InChI=1S/C56H36N2/c1-4-16-37(17-5-1)42-30-32-48-50(34-42)54(46-28-14-24-38-18-10-12-26-44(38)46)49-33-31-43(35-51(49)55(48)47-29-15-25-39-19-11-13-27-45(39)47)53-36-52(40-20-6-2-7-21-40)57-56(58-53)41-22-8-3-9-23-41/h1-36H. The molecule has 0 aliphatic rings. The van der Waals surface area contributed by atoms with Crippen molar-refractivity contribution in [2.24, 2.45) is 0 Å². The molecule has 0 amide bonds. The van der Waals surface area contributed by atoms with Crippen LogP contribution in [0.3, 0.4) is 0 Å². The van der Waals surface area contributed by atoms with Crippen molar-refractivity contribution in [3.8, 4) is 67.3 Å². The highest BCUT2D eigenvalue weighted by molar-refractivity contribution is 6.26. The first kappa shape index (κ1) is 33.6. The third-order valence-electron chi connectivity index (χ3n) is 11.5. The maximum atomic E-state index is 5.28. The summed E-state index contributed by atoms with van der Waals surface area (Å²) in [5.41, 5.74) is 12.1. The Bertz CT molecular complexity index is 3250. The van der Waals surface area contributed by atoms with Crippen LogP contribution in [0.15, 0.2) is 218 Å². The molecule has 0 bridgehead atoms. The quantitative estimate of drug-likeness (QED) is 0.159. The number of hydrogen-bond acceptors (Lipinski definition) is 2. The summed E-state index contributed by atoms with van der Waals surface area (Å²) in [5, 5.41) is 9.70. The van der Waals surface area contributed by atoms with E-state index in [1.807, 2.05) is 24.3 Å². The number of nitrogens with zero attached hydrogens (tertiary/aromatic N) is 2. The van der Waals surface area contributed by atoms with Crippen molar-refractivity contribution in [1.82, 2.24) is 9.97 Å². The zero-order valence-electron chi connectivity index (χ0n) is 31.7. The lowest BCUT2D eigenvalue weighted by atomic mass is 9.82. The molecule has 11 aromatic rings. The van der Waals surface area contributed by atoms with E-state index in [-0.39, 0.29) is 0 Å². The van der Waals surface area contributed by atoms with E-state index in [1.54, 1.807) is 0 Å². The number of fused-ring (bicyclic) bond motifs is 4. The summed E-state index contributed by atoms with van der Waals surface area (Å²) < 4.78 is 0.